The summed E-state index contributed by atoms with van der Waals surface area (Å²) in [5.74, 6) is 0.610. The lowest BCUT2D eigenvalue weighted by Gasteiger charge is -2.39. The van der Waals surface area contributed by atoms with Crippen LogP contribution in [-0.2, 0) is 4.74 Å². The fourth-order valence-corrected chi connectivity index (χ4v) is 4.38. The predicted molar refractivity (Wildman–Crippen MR) is 95.7 cm³/mol. The molecule has 25 heavy (non-hydrogen) atoms. The Labute approximate surface area is 148 Å². The summed E-state index contributed by atoms with van der Waals surface area (Å²) in [4.78, 5) is 21.6. The molecule has 4 heterocycles. The molecule has 2 saturated heterocycles. The molecule has 0 bridgehead atoms. The molecule has 2 aromatic rings. The summed E-state index contributed by atoms with van der Waals surface area (Å²) in [5, 5.41) is 0. The summed E-state index contributed by atoms with van der Waals surface area (Å²) in [6, 6.07) is 5.78. The van der Waals surface area contributed by atoms with Crippen LogP contribution in [0.25, 0.3) is 5.65 Å². The van der Waals surface area contributed by atoms with Crippen molar-refractivity contribution in [2.45, 2.75) is 24.9 Å². The number of carbonyl (C=O) groups excluding carboxylic acids is 1. The number of likely N-dealkylation sites (tertiary alicyclic amines) is 1. The van der Waals surface area contributed by atoms with Crippen molar-refractivity contribution in [1.29, 1.82) is 0 Å². The highest BCUT2D eigenvalue weighted by molar-refractivity contribution is 5.93. The molecule has 134 valence electrons. The van der Waals surface area contributed by atoms with Crippen molar-refractivity contribution in [3.63, 3.8) is 0 Å². The number of fused-ring (bicyclic) bond motifs is 1. The second-order valence-corrected chi connectivity index (χ2v) is 7.73. The number of imidazole rings is 1. The van der Waals surface area contributed by atoms with Gasteiger partial charge in [0, 0.05) is 19.3 Å². The number of amides is 1. The third-order valence-electron chi connectivity index (χ3n) is 5.37. The zero-order valence-electron chi connectivity index (χ0n) is 15.0. The van der Waals surface area contributed by atoms with Gasteiger partial charge in [-0.15, -0.1) is 0 Å². The van der Waals surface area contributed by atoms with Crippen molar-refractivity contribution in [2.24, 2.45) is 5.92 Å². The van der Waals surface area contributed by atoms with Crippen LogP contribution in [0.4, 0.5) is 0 Å². The number of hydrogen-bond acceptors (Lipinski definition) is 4. The largest absolute Gasteiger partial charge is 0.373 e. The molecule has 0 unspecified atom stereocenters. The third-order valence-corrected chi connectivity index (χ3v) is 5.37. The Morgan fingerprint density at radius 3 is 3.16 bits per heavy atom. The molecule has 0 aliphatic carbocycles. The number of ether oxygens (including phenoxy) is 1. The molecular formula is C19H26N4O2. The lowest BCUT2D eigenvalue weighted by molar-refractivity contribution is -0.0451. The minimum absolute atomic E-state index is 0.0532. The first-order valence-corrected chi connectivity index (χ1v) is 9.06. The highest BCUT2D eigenvalue weighted by Gasteiger charge is 2.44. The van der Waals surface area contributed by atoms with Gasteiger partial charge in [0.05, 0.1) is 24.9 Å². The maximum Gasteiger partial charge on any atom is 0.272 e. The Balaban J connectivity index is 1.51. The minimum Gasteiger partial charge on any atom is -0.373 e. The SMILES string of the molecule is CN(C)C[C@@H]1CO[C@@]2(CCCN(C(=O)c3cnc4ccccn34)C2)C1. The molecule has 2 atom stereocenters. The summed E-state index contributed by atoms with van der Waals surface area (Å²) < 4.78 is 8.11. The standard InChI is InChI=1S/C19H26N4O2/c1-21(2)12-15-10-19(25-13-15)7-5-8-22(14-19)18(24)16-11-20-17-6-3-4-9-23(16)17/h3-4,6,9,11,15H,5,7-8,10,12-14H2,1-2H3/t15-,19+/m1/s1. The topological polar surface area (TPSA) is 50.1 Å². The normalized spacial score (nSPS) is 26.8. The van der Waals surface area contributed by atoms with E-state index >= 15 is 0 Å². The first-order valence-electron chi connectivity index (χ1n) is 9.06. The smallest absolute Gasteiger partial charge is 0.272 e. The van der Waals surface area contributed by atoms with Gasteiger partial charge in [-0.1, -0.05) is 6.07 Å². The molecule has 0 saturated carbocycles. The maximum atomic E-state index is 13.1. The van der Waals surface area contributed by atoms with Gasteiger partial charge in [0.15, 0.2) is 0 Å². The molecule has 6 nitrogen and oxygen atoms in total. The van der Waals surface area contributed by atoms with Crippen LogP contribution >= 0.6 is 0 Å². The molecule has 2 fully saturated rings. The van der Waals surface area contributed by atoms with Gasteiger partial charge in [-0.25, -0.2) is 4.98 Å². The second kappa shape index (κ2) is 6.42. The molecule has 2 aliphatic heterocycles. The number of rotatable bonds is 3. The quantitative estimate of drug-likeness (QED) is 0.855. The van der Waals surface area contributed by atoms with Crippen molar-refractivity contribution in [3.8, 4) is 0 Å². The molecule has 6 heteroatoms. The maximum absolute atomic E-state index is 13.1. The van der Waals surface area contributed by atoms with Crippen molar-refractivity contribution < 1.29 is 9.53 Å². The molecule has 1 spiro atoms. The second-order valence-electron chi connectivity index (χ2n) is 7.73. The fraction of sp³-hybridized carbons (Fsp3) is 0.579. The first-order chi connectivity index (χ1) is 12.1. The summed E-state index contributed by atoms with van der Waals surface area (Å²) in [5.41, 5.74) is 1.28. The van der Waals surface area contributed by atoms with Crippen LogP contribution in [0.1, 0.15) is 29.8 Å². The molecule has 2 aliphatic rings. The number of nitrogens with zero attached hydrogens (tertiary/aromatic N) is 4. The number of carbonyl (C=O) groups is 1. The van der Waals surface area contributed by atoms with Crippen LogP contribution in [0.3, 0.4) is 0 Å². The summed E-state index contributed by atoms with van der Waals surface area (Å²) in [7, 11) is 4.21. The first kappa shape index (κ1) is 16.5. The number of piperidine rings is 1. The van der Waals surface area contributed by atoms with E-state index < -0.39 is 0 Å². The summed E-state index contributed by atoms with van der Waals surface area (Å²) >= 11 is 0. The third kappa shape index (κ3) is 3.16. The zero-order chi connectivity index (χ0) is 17.4. The van der Waals surface area contributed by atoms with E-state index in [1.54, 1.807) is 6.20 Å². The van der Waals surface area contributed by atoms with Crippen molar-refractivity contribution in [1.82, 2.24) is 19.2 Å². The van der Waals surface area contributed by atoms with E-state index in [2.05, 4.69) is 24.0 Å². The minimum atomic E-state index is -0.158. The van der Waals surface area contributed by atoms with Crippen molar-refractivity contribution >= 4 is 11.6 Å². The van der Waals surface area contributed by atoms with Crippen LogP contribution in [0.5, 0.6) is 0 Å². The van der Waals surface area contributed by atoms with E-state index in [4.69, 9.17) is 4.74 Å². The Morgan fingerprint density at radius 1 is 1.44 bits per heavy atom. The average Bonchev–Trinajstić information content (AvgIpc) is 3.18. The van der Waals surface area contributed by atoms with E-state index in [-0.39, 0.29) is 11.5 Å². The van der Waals surface area contributed by atoms with E-state index in [9.17, 15) is 4.79 Å². The zero-order valence-corrected chi connectivity index (χ0v) is 15.0. The van der Waals surface area contributed by atoms with Crippen LogP contribution in [0.2, 0.25) is 0 Å². The molecular weight excluding hydrogens is 316 g/mol. The van der Waals surface area contributed by atoms with E-state index in [1.807, 2.05) is 33.7 Å². The Bertz CT molecular complexity index is 772. The monoisotopic (exact) mass is 342 g/mol. The van der Waals surface area contributed by atoms with Gasteiger partial charge < -0.3 is 14.5 Å². The van der Waals surface area contributed by atoms with Gasteiger partial charge in [0.1, 0.15) is 11.3 Å². The van der Waals surface area contributed by atoms with Gasteiger partial charge in [-0.3, -0.25) is 9.20 Å². The van der Waals surface area contributed by atoms with Gasteiger partial charge in [-0.2, -0.15) is 0 Å². The van der Waals surface area contributed by atoms with Crippen LogP contribution in [0.15, 0.2) is 30.6 Å². The molecule has 2 aromatic heterocycles. The lowest BCUT2D eigenvalue weighted by Crippen LogP contribution is -2.50. The van der Waals surface area contributed by atoms with Gasteiger partial charge in [0.2, 0.25) is 0 Å². The van der Waals surface area contributed by atoms with E-state index in [0.717, 1.165) is 44.6 Å². The molecule has 4 rings (SSSR count). The van der Waals surface area contributed by atoms with Gasteiger partial charge in [-0.05, 0) is 51.4 Å². The van der Waals surface area contributed by atoms with E-state index in [1.165, 1.54) is 0 Å². The Morgan fingerprint density at radius 2 is 2.32 bits per heavy atom. The van der Waals surface area contributed by atoms with Crippen LogP contribution < -0.4 is 0 Å². The number of pyridine rings is 1. The van der Waals surface area contributed by atoms with Crippen molar-refractivity contribution in [2.75, 3.05) is 40.3 Å². The van der Waals surface area contributed by atoms with Gasteiger partial charge in [0.25, 0.3) is 5.91 Å². The van der Waals surface area contributed by atoms with Crippen molar-refractivity contribution in [3.05, 3.63) is 36.3 Å². The highest BCUT2D eigenvalue weighted by Crippen LogP contribution is 2.38. The molecule has 1 amide bonds. The van der Waals surface area contributed by atoms with Crippen LogP contribution in [-0.4, -0.2) is 71.0 Å². The van der Waals surface area contributed by atoms with Crippen LogP contribution in [0, 0.1) is 5.92 Å². The Hall–Kier alpha value is -1.92. The van der Waals surface area contributed by atoms with Gasteiger partial charge >= 0.3 is 0 Å². The summed E-state index contributed by atoms with van der Waals surface area (Å²) in [6.45, 7) is 3.33. The number of aromatic nitrogens is 2. The molecule has 0 radical (unpaired) electrons. The Kier molecular flexibility index (Phi) is 4.25. The highest BCUT2D eigenvalue weighted by atomic mass is 16.5. The summed E-state index contributed by atoms with van der Waals surface area (Å²) in [6.07, 6.45) is 6.67. The molecule has 0 N–H and O–H groups in total. The average molecular weight is 342 g/mol. The predicted octanol–water partition coefficient (Wildman–Crippen LogP) is 1.91. The molecule has 0 aromatic carbocycles. The fourth-order valence-electron chi connectivity index (χ4n) is 4.38. The number of hydrogen-bond donors (Lipinski definition) is 0. The van der Waals surface area contributed by atoms with E-state index in [0.29, 0.717) is 18.2 Å². The lowest BCUT2D eigenvalue weighted by atomic mass is 9.86.